The van der Waals surface area contributed by atoms with Crippen LogP contribution in [0.5, 0.6) is 0 Å². The quantitative estimate of drug-likeness (QED) is 0.763. The van der Waals surface area contributed by atoms with Crippen LogP contribution in [-0.2, 0) is 9.53 Å². The van der Waals surface area contributed by atoms with Gasteiger partial charge in [0.05, 0.1) is 13.2 Å². The number of aromatic nitrogens is 1. The van der Waals surface area contributed by atoms with E-state index in [-0.39, 0.29) is 17.9 Å². The van der Waals surface area contributed by atoms with Gasteiger partial charge in [0.1, 0.15) is 0 Å². The summed E-state index contributed by atoms with van der Waals surface area (Å²) in [5.41, 5.74) is 2.73. The van der Waals surface area contributed by atoms with Crippen molar-refractivity contribution in [2.45, 2.75) is 19.4 Å². The number of hydrogen-bond donors (Lipinski definition) is 3. The lowest BCUT2D eigenvalue weighted by Crippen LogP contribution is -2.43. The number of carbonyl (C=O) groups excluding carboxylic acids is 2. The highest BCUT2D eigenvalue weighted by Crippen LogP contribution is 2.21. The molecular formula is C19H22N4O3. The highest BCUT2D eigenvalue weighted by molar-refractivity contribution is 6.05. The number of nitrogens with zero attached hydrogens (tertiary/aromatic N) is 1. The summed E-state index contributed by atoms with van der Waals surface area (Å²) in [5, 5.41) is 9.00. The molecule has 136 valence electrons. The summed E-state index contributed by atoms with van der Waals surface area (Å²) in [4.78, 5) is 28.4. The van der Waals surface area contributed by atoms with E-state index in [1.165, 1.54) is 0 Å². The molecular weight excluding hydrogens is 332 g/mol. The number of hydrogen-bond acceptors (Lipinski definition) is 5. The molecule has 1 saturated heterocycles. The Labute approximate surface area is 152 Å². The van der Waals surface area contributed by atoms with Gasteiger partial charge in [0.15, 0.2) is 0 Å². The zero-order valence-electron chi connectivity index (χ0n) is 14.6. The Morgan fingerprint density at radius 1 is 1.23 bits per heavy atom. The van der Waals surface area contributed by atoms with E-state index in [2.05, 4.69) is 20.9 Å². The molecule has 2 aromatic rings. The highest BCUT2D eigenvalue weighted by Gasteiger charge is 2.17. The van der Waals surface area contributed by atoms with Gasteiger partial charge in [-0.25, -0.2) is 0 Å². The second kappa shape index (κ2) is 8.55. The van der Waals surface area contributed by atoms with Crippen LogP contribution in [0.25, 0.3) is 0 Å². The van der Waals surface area contributed by atoms with Gasteiger partial charge in [-0.1, -0.05) is 6.07 Å². The van der Waals surface area contributed by atoms with E-state index in [4.69, 9.17) is 4.74 Å². The summed E-state index contributed by atoms with van der Waals surface area (Å²) >= 11 is 0. The van der Waals surface area contributed by atoms with Gasteiger partial charge >= 0.3 is 0 Å². The molecule has 0 spiro atoms. The number of carbonyl (C=O) groups is 2. The van der Waals surface area contributed by atoms with Crippen molar-refractivity contribution < 1.29 is 14.3 Å². The summed E-state index contributed by atoms with van der Waals surface area (Å²) in [7, 11) is 0. The molecule has 1 aliphatic heterocycles. The number of anilines is 2. The lowest BCUT2D eigenvalue weighted by Gasteiger charge is -2.23. The average molecular weight is 354 g/mol. The fraction of sp³-hybridized carbons (Fsp3) is 0.316. The number of morpholine rings is 1. The molecule has 0 bridgehead atoms. The van der Waals surface area contributed by atoms with E-state index in [0.717, 1.165) is 12.1 Å². The van der Waals surface area contributed by atoms with E-state index in [1.807, 2.05) is 19.1 Å². The summed E-state index contributed by atoms with van der Waals surface area (Å²) in [5.74, 6) is -0.314. The number of amides is 2. The van der Waals surface area contributed by atoms with E-state index in [9.17, 15) is 9.59 Å². The Morgan fingerprint density at radius 3 is 2.77 bits per heavy atom. The van der Waals surface area contributed by atoms with E-state index in [1.54, 1.807) is 30.6 Å². The van der Waals surface area contributed by atoms with Crippen molar-refractivity contribution >= 4 is 23.2 Å². The molecule has 0 radical (unpaired) electrons. The van der Waals surface area contributed by atoms with Crippen LogP contribution in [0.15, 0.2) is 42.7 Å². The Morgan fingerprint density at radius 2 is 2.04 bits per heavy atom. The summed E-state index contributed by atoms with van der Waals surface area (Å²) < 4.78 is 5.36. The zero-order valence-corrected chi connectivity index (χ0v) is 14.6. The van der Waals surface area contributed by atoms with Crippen LogP contribution in [0.1, 0.15) is 22.3 Å². The number of ether oxygens (including phenoxy) is 1. The monoisotopic (exact) mass is 354 g/mol. The minimum Gasteiger partial charge on any atom is -0.378 e. The van der Waals surface area contributed by atoms with Gasteiger partial charge in [0, 0.05) is 48.3 Å². The van der Waals surface area contributed by atoms with Crippen LogP contribution in [-0.4, -0.2) is 42.6 Å². The molecule has 3 N–H and O–H groups in total. The second-order valence-electron chi connectivity index (χ2n) is 6.20. The van der Waals surface area contributed by atoms with Gasteiger partial charge in [0.2, 0.25) is 5.91 Å². The van der Waals surface area contributed by atoms with Crippen molar-refractivity contribution in [2.75, 3.05) is 30.4 Å². The van der Waals surface area contributed by atoms with Gasteiger partial charge in [0.25, 0.3) is 5.91 Å². The summed E-state index contributed by atoms with van der Waals surface area (Å²) in [6.07, 6.45) is 3.48. The van der Waals surface area contributed by atoms with Gasteiger partial charge in [-0.15, -0.1) is 0 Å². The first-order valence-electron chi connectivity index (χ1n) is 8.55. The van der Waals surface area contributed by atoms with Crippen LogP contribution in [0.4, 0.5) is 11.4 Å². The van der Waals surface area contributed by atoms with Crippen molar-refractivity contribution in [2.24, 2.45) is 0 Å². The largest absolute Gasteiger partial charge is 0.378 e. The molecule has 0 aliphatic carbocycles. The normalized spacial score (nSPS) is 16.7. The molecule has 7 heteroatoms. The van der Waals surface area contributed by atoms with Crippen molar-refractivity contribution in [3.63, 3.8) is 0 Å². The Kier molecular flexibility index (Phi) is 5.93. The molecule has 26 heavy (non-hydrogen) atoms. The average Bonchev–Trinajstić information content (AvgIpc) is 2.66. The molecule has 1 unspecified atom stereocenters. The number of pyridine rings is 1. The Balaban J connectivity index is 1.63. The van der Waals surface area contributed by atoms with Crippen LogP contribution < -0.4 is 16.0 Å². The predicted molar refractivity (Wildman–Crippen MR) is 99.2 cm³/mol. The minimum atomic E-state index is -0.220. The SMILES string of the molecule is Cc1ccc(NC(=O)CC2COCCN2)cc1NC(=O)c1ccncc1. The standard InChI is InChI=1S/C19H22N4O3/c1-13-2-3-15(22-18(24)11-16-12-26-9-8-21-16)10-17(13)23-19(25)14-4-6-20-7-5-14/h2-7,10,16,21H,8-9,11-12H2,1H3,(H,22,24)(H,23,25). The first kappa shape index (κ1) is 18.0. The van der Waals surface area contributed by atoms with Crippen LogP contribution in [0.3, 0.4) is 0 Å². The topological polar surface area (TPSA) is 92.4 Å². The smallest absolute Gasteiger partial charge is 0.255 e. The molecule has 2 amide bonds. The van der Waals surface area contributed by atoms with E-state index >= 15 is 0 Å². The van der Waals surface area contributed by atoms with E-state index in [0.29, 0.717) is 36.6 Å². The number of nitrogens with one attached hydrogen (secondary N) is 3. The molecule has 3 rings (SSSR count). The fourth-order valence-corrected chi connectivity index (χ4v) is 2.72. The third-order valence-corrected chi connectivity index (χ3v) is 4.14. The van der Waals surface area contributed by atoms with Crippen LogP contribution in [0.2, 0.25) is 0 Å². The van der Waals surface area contributed by atoms with Crippen molar-refractivity contribution in [1.29, 1.82) is 0 Å². The number of rotatable bonds is 5. The lowest BCUT2D eigenvalue weighted by atomic mass is 10.1. The Hall–Kier alpha value is -2.77. The van der Waals surface area contributed by atoms with Gasteiger partial charge in [-0.2, -0.15) is 0 Å². The van der Waals surface area contributed by atoms with Crippen LogP contribution >= 0.6 is 0 Å². The molecule has 1 aromatic heterocycles. The molecule has 1 aromatic carbocycles. The minimum absolute atomic E-state index is 0.0278. The molecule has 1 atom stereocenters. The van der Waals surface area contributed by atoms with Gasteiger partial charge < -0.3 is 20.7 Å². The predicted octanol–water partition coefficient (Wildman–Crippen LogP) is 1.96. The maximum atomic E-state index is 12.3. The molecule has 0 saturated carbocycles. The maximum Gasteiger partial charge on any atom is 0.255 e. The van der Waals surface area contributed by atoms with Crippen molar-refractivity contribution in [1.82, 2.24) is 10.3 Å². The summed E-state index contributed by atoms with van der Waals surface area (Å²) in [6.45, 7) is 3.87. The molecule has 2 heterocycles. The number of aryl methyl sites for hydroxylation is 1. The third kappa shape index (κ3) is 4.87. The van der Waals surface area contributed by atoms with Crippen molar-refractivity contribution in [3.8, 4) is 0 Å². The fourth-order valence-electron chi connectivity index (χ4n) is 2.72. The van der Waals surface area contributed by atoms with Gasteiger partial charge in [-0.05, 0) is 36.8 Å². The zero-order chi connectivity index (χ0) is 18.4. The lowest BCUT2D eigenvalue weighted by molar-refractivity contribution is -0.117. The third-order valence-electron chi connectivity index (χ3n) is 4.14. The first-order chi connectivity index (χ1) is 12.6. The Bertz CT molecular complexity index is 774. The van der Waals surface area contributed by atoms with Gasteiger partial charge in [-0.3, -0.25) is 14.6 Å². The molecule has 7 nitrogen and oxygen atoms in total. The molecule has 1 aliphatic rings. The second-order valence-corrected chi connectivity index (χ2v) is 6.20. The first-order valence-corrected chi connectivity index (χ1v) is 8.55. The van der Waals surface area contributed by atoms with E-state index < -0.39 is 0 Å². The van der Waals surface area contributed by atoms with Crippen molar-refractivity contribution in [3.05, 3.63) is 53.9 Å². The summed E-state index contributed by atoms with van der Waals surface area (Å²) in [6, 6.07) is 8.77. The maximum absolute atomic E-state index is 12.3. The van der Waals surface area contributed by atoms with Crippen LogP contribution in [0, 0.1) is 6.92 Å². The number of benzene rings is 1. The highest BCUT2D eigenvalue weighted by atomic mass is 16.5. The molecule has 1 fully saturated rings.